The molecule has 584 valence electrons. The van der Waals surface area contributed by atoms with Crippen molar-refractivity contribution in [3.05, 3.63) is 0 Å². The minimum atomic E-state index is -5.85. The Morgan fingerprint density at radius 3 is 0.930 bits per heavy atom. The van der Waals surface area contributed by atoms with E-state index >= 15 is 0 Å². The average Bonchev–Trinajstić information content (AvgIpc) is 0.768. The van der Waals surface area contributed by atoms with Gasteiger partial charge in [0, 0.05) is 6.61 Å². The number of aliphatic hydroxyl groups excluding tert-OH is 10. The lowest BCUT2D eigenvalue weighted by atomic mass is 9.94. The van der Waals surface area contributed by atoms with Gasteiger partial charge >= 0.3 is 80.0 Å². The molecule has 53 nitrogen and oxygen atoms in total. The van der Waals surface area contributed by atoms with E-state index in [0.29, 0.717) is 12.8 Å². The Morgan fingerprint density at radius 1 is 0.340 bits per heavy atom. The zero-order chi connectivity index (χ0) is 75.4. The van der Waals surface area contributed by atoms with Crippen molar-refractivity contribution in [1.29, 1.82) is 0 Å². The van der Waals surface area contributed by atoms with Crippen LogP contribution < -0.4 is 19.9 Å². The normalized spacial score (nSPS) is 40.5. The highest BCUT2D eigenvalue weighted by molar-refractivity contribution is 7.84. The number of aliphatic carboxylic acids is 3. The van der Waals surface area contributed by atoms with Crippen LogP contribution in [0.3, 0.4) is 0 Å². The third-order valence-electron chi connectivity index (χ3n) is 15.0. The van der Waals surface area contributed by atoms with E-state index in [1.165, 1.54) is 14.2 Å². The fraction of sp³-hybridized carbons (Fsp3) is 0.927. The summed E-state index contributed by atoms with van der Waals surface area (Å²) in [5, 5.41) is 142. The fourth-order valence-corrected chi connectivity index (χ4v) is 13.3. The number of carbonyl (C=O) groups is 3. The molecule has 6 aliphatic rings. The van der Waals surface area contributed by atoms with Crippen molar-refractivity contribution in [3.8, 4) is 0 Å². The summed E-state index contributed by atoms with van der Waals surface area (Å²) in [4.78, 5) is 37.7. The molecular weight excluding hydrogens is 1520 g/mol. The molecule has 0 amide bonds. The van der Waals surface area contributed by atoms with E-state index in [4.69, 9.17) is 62.6 Å². The molecule has 30 atom stereocenters. The van der Waals surface area contributed by atoms with E-state index < -0.39 is 284 Å². The van der Waals surface area contributed by atoms with Crippen LogP contribution in [0.1, 0.15) is 19.3 Å². The molecule has 0 bridgehead atoms. The molecule has 6 rings (SSSR count). The third-order valence-corrected chi connectivity index (χ3v) is 18.0. The highest BCUT2D eigenvalue weighted by Crippen LogP contribution is 2.38. The molecule has 0 unspecified atom stereocenters. The summed E-state index contributed by atoms with van der Waals surface area (Å²) in [5.74, 6) is -6.68. The van der Waals surface area contributed by atoms with E-state index in [-0.39, 0.29) is 19.6 Å². The second-order valence-corrected chi connectivity index (χ2v) is 28.9. The van der Waals surface area contributed by atoms with Gasteiger partial charge in [-0.05, 0) is 25.8 Å². The Bertz CT molecular complexity index is 3470. The van der Waals surface area contributed by atoms with Crippen LogP contribution in [0.4, 0.5) is 0 Å². The fourth-order valence-electron chi connectivity index (χ4n) is 10.6. The minimum Gasteiger partial charge on any atom is -0.479 e. The van der Waals surface area contributed by atoms with Gasteiger partial charge < -0.3 is 129 Å². The SMILES string of the molecule is NCCCCCO[C@H]1O[C@H](COS(=O)(=O)O)[C@@H](O[C@@H]2O[C@H](C(=O)O)[C@@H](O[C@H]3O[C@H](COS(=O)(=O)O)[C@@H](O[C@@H]4O[C@@H](C(=O)O)[C@@H](O[C@H]5O[C@H](COS(=O)(=O)O)[C@@H](O[C@@H]6O[C@H](C(=O)O)[C@@H](O)[C@H](O)[C@H]6O)[C@H](O)[C@H]5NS(=O)(=O)O)[C@H](O)[C@H]4O)[C@H](O)[C@H]3NS(=O)(=O)O)[C@H](O)[C@H]2O)[C@H](O)[C@H]1NS(=O)(=O)O. The minimum absolute atomic E-state index is 0.175. The molecule has 6 aliphatic heterocycles. The van der Waals surface area contributed by atoms with Crippen LogP contribution >= 0.6 is 0 Å². The van der Waals surface area contributed by atoms with Crippen LogP contribution in [0.5, 0.6) is 0 Å². The standard InChI is InChI=1S/C41H70N4O49S6/c42-4-2-1-3-5-80-36-12(43-95(62,63)64)15(46)25(9(84-36)6-81-98(71,72)73)88-40-23(54)20(51)28(31(93-40)34(58)59)91-38-14(45-97(68,69)70)17(48)27(11(86-38)8-83-100(77,78)79)89-41-24(55)21(52)29(32(94-41)35(60)61)90-37-13(44-96(65,66)67)16(47)26(10(85-37)7-82-99(74,75)76)87-39-22(53)18(49)19(50)30(92-39)33(56)57/h9-32,36-41,43-55H,1-8,42H2,(H,56,57)(H,58,59)(H,60,61)(H,62,63,64)(H,65,66,67)(H,68,69,70)(H,71,72,73)(H,74,75,76)(H,77,78,79)/t9-,10-,11-,12-,13-,14-,15-,16-,17-,18+,19+,20-,21-,22-,23-,24-,25-,26-,27-,28+,29+,30+,31+,32-,36+,37-,38-,39-,40-,41-/m1/s1. The molecule has 24 N–H and O–H groups in total. The summed E-state index contributed by atoms with van der Waals surface area (Å²) in [5.41, 5.74) is 5.47. The number of rotatable bonds is 34. The Kier molecular flexibility index (Phi) is 29.6. The van der Waals surface area contributed by atoms with Crippen molar-refractivity contribution >= 4 is 80.0 Å². The molecule has 0 saturated carbocycles. The number of ether oxygens (including phenoxy) is 12. The number of nitrogens with two attached hydrogens (primary N) is 1. The largest absolute Gasteiger partial charge is 0.479 e. The van der Waals surface area contributed by atoms with Crippen molar-refractivity contribution in [2.75, 3.05) is 33.0 Å². The van der Waals surface area contributed by atoms with Crippen LogP contribution in [-0.4, -0.2) is 379 Å². The Hall–Kier alpha value is -3.29. The number of unbranched alkanes of at least 4 members (excludes halogenated alkanes) is 2. The van der Waals surface area contributed by atoms with Crippen molar-refractivity contribution in [2.24, 2.45) is 5.73 Å². The zero-order valence-electron chi connectivity index (χ0n) is 49.7. The van der Waals surface area contributed by atoms with Gasteiger partial charge in [-0.15, -0.1) is 0 Å². The van der Waals surface area contributed by atoms with Crippen LogP contribution in [-0.2, 0) is 146 Å². The Labute approximate surface area is 562 Å². The van der Waals surface area contributed by atoms with Crippen molar-refractivity contribution in [2.45, 2.75) is 203 Å². The zero-order valence-corrected chi connectivity index (χ0v) is 54.6. The van der Waals surface area contributed by atoms with Crippen LogP contribution in [0.25, 0.3) is 0 Å². The first kappa shape index (κ1) is 85.6. The predicted octanol–water partition coefficient (Wildman–Crippen LogP) is -15.0. The topological polar surface area (TPSA) is 841 Å². The first-order valence-electron chi connectivity index (χ1n) is 28.0. The molecule has 0 radical (unpaired) electrons. The maximum Gasteiger partial charge on any atom is 0.397 e. The van der Waals surface area contributed by atoms with Crippen LogP contribution in [0, 0.1) is 0 Å². The molecular formula is C41H70N4O49S6. The summed E-state index contributed by atoms with van der Waals surface area (Å²) >= 11 is 0. The maximum absolute atomic E-state index is 13.0. The average molecular weight is 1600 g/mol. The first-order chi connectivity index (χ1) is 45.9. The molecule has 6 saturated heterocycles. The quantitative estimate of drug-likeness (QED) is 0.0210. The van der Waals surface area contributed by atoms with E-state index in [2.05, 4.69) is 12.5 Å². The summed E-state index contributed by atoms with van der Waals surface area (Å²) < 4.78 is 284. The van der Waals surface area contributed by atoms with Gasteiger partial charge in [-0.1, -0.05) is 0 Å². The molecule has 0 aliphatic carbocycles. The summed E-state index contributed by atoms with van der Waals surface area (Å²) in [6, 6.07) is -7.78. The van der Waals surface area contributed by atoms with Crippen molar-refractivity contribution < 1.29 is 228 Å². The molecule has 59 heteroatoms. The van der Waals surface area contributed by atoms with Gasteiger partial charge in [-0.3, -0.25) is 27.3 Å². The van der Waals surface area contributed by atoms with Gasteiger partial charge in [0.15, 0.2) is 56.1 Å². The van der Waals surface area contributed by atoms with Gasteiger partial charge in [0.25, 0.3) is 0 Å². The predicted molar refractivity (Wildman–Crippen MR) is 296 cm³/mol. The lowest BCUT2D eigenvalue weighted by Gasteiger charge is -2.50. The van der Waals surface area contributed by atoms with Crippen LogP contribution in [0.15, 0.2) is 0 Å². The molecule has 6 heterocycles. The number of carboxylic acid groups (broad SMARTS) is 3. The second-order valence-electron chi connectivity index (χ2n) is 22.0. The Morgan fingerprint density at radius 2 is 0.630 bits per heavy atom. The highest BCUT2D eigenvalue weighted by atomic mass is 32.3. The smallest absolute Gasteiger partial charge is 0.397 e. The number of nitrogens with one attached hydrogen (secondary N) is 3. The molecule has 0 aromatic carbocycles. The third kappa shape index (κ3) is 23.4. The number of aliphatic hydroxyl groups is 10. The summed E-state index contributed by atoms with van der Waals surface area (Å²) in [7, 11) is -33.8. The molecule has 0 aromatic rings. The van der Waals surface area contributed by atoms with E-state index in [0.717, 1.165) is 0 Å². The molecule has 0 spiro atoms. The molecule has 100 heavy (non-hydrogen) atoms. The lowest BCUT2D eigenvalue weighted by molar-refractivity contribution is -0.378. The second kappa shape index (κ2) is 34.5. The van der Waals surface area contributed by atoms with Gasteiger partial charge in [0.1, 0.15) is 128 Å². The van der Waals surface area contributed by atoms with Crippen molar-refractivity contribution in [1.82, 2.24) is 14.2 Å². The Balaban J connectivity index is 1.29. The number of hydrogen-bond acceptors (Lipinski definition) is 41. The maximum atomic E-state index is 13.0. The van der Waals surface area contributed by atoms with Gasteiger partial charge in [0.05, 0.1) is 19.8 Å². The van der Waals surface area contributed by atoms with E-state index in [9.17, 15) is 159 Å². The number of hydrogen-bond donors (Lipinski definition) is 23. The van der Waals surface area contributed by atoms with Crippen molar-refractivity contribution in [3.63, 3.8) is 0 Å². The van der Waals surface area contributed by atoms with E-state index in [1.807, 2.05) is 0 Å². The monoisotopic (exact) mass is 1590 g/mol. The lowest BCUT2D eigenvalue weighted by Crippen LogP contribution is -2.71. The summed E-state index contributed by atoms with van der Waals surface area (Å²) in [6.07, 6.45) is -71.2. The first-order valence-corrected chi connectivity index (χ1v) is 36.4. The van der Waals surface area contributed by atoms with E-state index in [1.54, 1.807) is 0 Å². The highest BCUT2D eigenvalue weighted by Gasteiger charge is 2.61. The number of carboxylic acids is 3. The molecule has 6 fully saturated rings. The van der Waals surface area contributed by atoms with Crippen LogP contribution in [0.2, 0.25) is 0 Å². The van der Waals surface area contributed by atoms with Gasteiger partial charge in [-0.25, -0.2) is 26.9 Å². The van der Waals surface area contributed by atoms with Gasteiger partial charge in [0.2, 0.25) is 0 Å². The van der Waals surface area contributed by atoms with Gasteiger partial charge in [-0.2, -0.15) is 64.7 Å². The summed E-state index contributed by atoms with van der Waals surface area (Å²) in [6.45, 7) is -4.94. The molecule has 0 aromatic heterocycles.